The summed E-state index contributed by atoms with van der Waals surface area (Å²) in [5.41, 5.74) is 7.70. The summed E-state index contributed by atoms with van der Waals surface area (Å²) in [7, 11) is 1.73. The average Bonchev–Trinajstić information content (AvgIpc) is 3.26. The number of carbonyl (C=O) groups excluding carboxylic acids is 2. The van der Waals surface area contributed by atoms with E-state index < -0.39 is 17.8 Å². The largest absolute Gasteiger partial charge is 0.344 e. The lowest BCUT2D eigenvalue weighted by molar-refractivity contribution is -0.133. The van der Waals surface area contributed by atoms with Gasteiger partial charge in [0.2, 0.25) is 5.91 Å². The van der Waals surface area contributed by atoms with Gasteiger partial charge in [0.1, 0.15) is 17.7 Å². The van der Waals surface area contributed by atoms with Crippen molar-refractivity contribution in [2.45, 2.75) is 51.2 Å². The average molecular weight is 459 g/mol. The Morgan fingerprint density at radius 2 is 1.82 bits per heavy atom. The van der Waals surface area contributed by atoms with Gasteiger partial charge in [0.05, 0.1) is 0 Å². The van der Waals surface area contributed by atoms with E-state index in [1.54, 1.807) is 24.1 Å². The molecule has 2 amide bonds. The highest BCUT2D eigenvalue weighted by Gasteiger charge is 2.28. The summed E-state index contributed by atoms with van der Waals surface area (Å²) >= 11 is 0. The number of nitrogens with zero attached hydrogens (tertiary/aromatic N) is 1. The molecule has 178 valence electrons. The molecule has 0 saturated carbocycles. The fraction of sp³-hybridized carbons (Fsp3) is 0.440. The van der Waals surface area contributed by atoms with Crippen LogP contribution in [0.25, 0.3) is 0 Å². The van der Waals surface area contributed by atoms with Crippen LogP contribution in [0.15, 0.2) is 48.5 Å². The second-order valence-corrected chi connectivity index (χ2v) is 8.93. The van der Waals surface area contributed by atoms with Gasteiger partial charge in [0, 0.05) is 31.2 Å². The number of rotatable bonds is 9. The lowest BCUT2D eigenvalue weighted by Gasteiger charge is -2.27. The molecule has 0 bridgehead atoms. The van der Waals surface area contributed by atoms with Crippen molar-refractivity contribution in [3.8, 4) is 0 Å². The Hall–Kier alpha value is -2.84. The van der Waals surface area contributed by atoms with Crippen LogP contribution in [0.3, 0.4) is 0 Å². The third-order valence-electron chi connectivity index (χ3n) is 5.98. The maximum Gasteiger partial charge on any atom is 0.251 e. The Balaban J connectivity index is 1.47. The highest BCUT2D eigenvalue weighted by atomic mass is 19.1. The molecule has 3 rings (SSSR count). The first kappa shape index (κ1) is 24.8. The van der Waals surface area contributed by atoms with Gasteiger partial charge in [0.25, 0.3) is 5.91 Å². The summed E-state index contributed by atoms with van der Waals surface area (Å²) in [4.78, 5) is 27.1. The summed E-state index contributed by atoms with van der Waals surface area (Å²) in [6.07, 6.45) is 2.47. The molecule has 0 aliphatic carbocycles. The Morgan fingerprint density at radius 3 is 2.48 bits per heavy atom. The summed E-state index contributed by atoms with van der Waals surface area (Å²) in [6.45, 7) is 4.31. The molecule has 2 aromatic carbocycles. The van der Waals surface area contributed by atoms with Crippen LogP contribution in [0, 0.1) is 17.6 Å². The molecule has 3 atom stereocenters. The number of nitrogens with one attached hydrogen (secondary N) is 3. The number of hydrogen-bond acceptors (Lipinski definition) is 4. The number of hydrazine groups is 1. The third kappa shape index (κ3) is 6.82. The van der Waals surface area contributed by atoms with Gasteiger partial charge >= 0.3 is 0 Å². The highest BCUT2D eigenvalue weighted by Crippen LogP contribution is 2.24. The normalized spacial score (nSPS) is 18.8. The van der Waals surface area contributed by atoms with E-state index >= 15 is 0 Å². The van der Waals surface area contributed by atoms with Crippen molar-refractivity contribution in [3.05, 3.63) is 71.3 Å². The molecule has 8 heteroatoms. The second-order valence-electron chi connectivity index (χ2n) is 8.93. The van der Waals surface area contributed by atoms with Gasteiger partial charge in [0.15, 0.2) is 0 Å². The van der Waals surface area contributed by atoms with Gasteiger partial charge in [-0.05, 0) is 67.1 Å². The topological polar surface area (TPSA) is 73.5 Å². The first-order chi connectivity index (χ1) is 15.7. The molecule has 1 aliphatic rings. The van der Waals surface area contributed by atoms with Crippen molar-refractivity contribution in [2.24, 2.45) is 5.92 Å². The molecular weight excluding hydrogens is 426 g/mol. The van der Waals surface area contributed by atoms with E-state index in [0.717, 1.165) is 24.8 Å². The monoisotopic (exact) mass is 458 g/mol. The molecule has 3 unspecified atom stereocenters. The number of carbonyl (C=O) groups is 2. The molecule has 2 aromatic rings. The van der Waals surface area contributed by atoms with Crippen LogP contribution < -0.4 is 16.2 Å². The van der Waals surface area contributed by atoms with Gasteiger partial charge in [-0.1, -0.05) is 26.0 Å². The van der Waals surface area contributed by atoms with Crippen molar-refractivity contribution in [2.75, 3.05) is 13.6 Å². The fourth-order valence-corrected chi connectivity index (χ4v) is 4.02. The fourth-order valence-electron chi connectivity index (χ4n) is 4.02. The zero-order valence-corrected chi connectivity index (χ0v) is 19.3. The number of benzene rings is 2. The van der Waals surface area contributed by atoms with Crippen molar-refractivity contribution in [1.82, 2.24) is 21.1 Å². The first-order valence-corrected chi connectivity index (χ1v) is 11.3. The van der Waals surface area contributed by atoms with E-state index in [1.165, 1.54) is 30.3 Å². The molecule has 6 nitrogen and oxygen atoms in total. The van der Waals surface area contributed by atoms with Crippen LogP contribution in [-0.2, 0) is 4.79 Å². The van der Waals surface area contributed by atoms with E-state index in [1.807, 2.05) is 19.9 Å². The van der Waals surface area contributed by atoms with Crippen LogP contribution in [0.2, 0.25) is 0 Å². The number of amides is 2. The maximum absolute atomic E-state index is 13.5. The molecule has 33 heavy (non-hydrogen) atoms. The zero-order valence-electron chi connectivity index (χ0n) is 19.3. The molecule has 1 saturated heterocycles. The van der Waals surface area contributed by atoms with Crippen LogP contribution in [0.5, 0.6) is 0 Å². The van der Waals surface area contributed by atoms with E-state index in [4.69, 9.17) is 0 Å². The Kier molecular flexibility index (Phi) is 8.52. The number of likely N-dealkylation sites (N-methyl/N-ethyl adjacent to an activating group) is 1. The third-order valence-corrected chi connectivity index (χ3v) is 5.98. The summed E-state index contributed by atoms with van der Waals surface area (Å²) < 4.78 is 26.6. The minimum Gasteiger partial charge on any atom is -0.344 e. The Labute approximate surface area is 193 Å². The molecule has 0 aromatic heterocycles. The molecular formula is C25H32F2N4O2. The predicted octanol–water partition coefficient (Wildman–Crippen LogP) is 3.57. The molecule has 1 heterocycles. The van der Waals surface area contributed by atoms with Crippen molar-refractivity contribution >= 4 is 11.8 Å². The molecule has 3 N–H and O–H groups in total. The standard InChI is InChI=1S/C25H32F2N4O2/c1-16(2)23(28-24(32)17-9-11-19(26)12-10-17)25(33)31(3)13-5-8-21-15-22(30-29-21)18-6-4-7-20(27)14-18/h4,6-7,9-12,14,16,21-23,29-30H,5,8,13,15H2,1-3H3,(H,28,32). The van der Waals surface area contributed by atoms with Crippen LogP contribution in [-0.4, -0.2) is 42.4 Å². The van der Waals surface area contributed by atoms with E-state index in [0.29, 0.717) is 12.1 Å². The van der Waals surface area contributed by atoms with Crippen LogP contribution in [0.4, 0.5) is 8.78 Å². The zero-order chi connectivity index (χ0) is 24.0. The lowest BCUT2D eigenvalue weighted by atomic mass is 9.99. The quantitative estimate of drug-likeness (QED) is 0.537. The van der Waals surface area contributed by atoms with Crippen LogP contribution in [0.1, 0.15) is 55.1 Å². The first-order valence-electron chi connectivity index (χ1n) is 11.3. The number of halogens is 2. The highest BCUT2D eigenvalue weighted by molar-refractivity contribution is 5.97. The summed E-state index contributed by atoms with van der Waals surface area (Å²) in [6, 6.07) is 11.4. The van der Waals surface area contributed by atoms with Crippen molar-refractivity contribution in [1.29, 1.82) is 0 Å². The Bertz CT molecular complexity index is 952. The Morgan fingerprint density at radius 1 is 1.09 bits per heavy atom. The lowest BCUT2D eigenvalue weighted by Crippen LogP contribution is -2.50. The van der Waals surface area contributed by atoms with E-state index in [-0.39, 0.29) is 29.7 Å². The van der Waals surface area contributed by atoms with Gasteiger partial charge in [-0.25, -0.2) is 8.78 Å². The molecule has 0 spiro atoms. The molecule has 1 fully saturated rings. The SMILES string of the molecule is CC(C)C(NC(=O)c1ccc(F)cc1)C(=O)N(C)CCCC1CC(c2cccc(F)c2)NN1. The smallest absolute Gasteiger partial charge is 0.251 e. The van der Waals surface area contributed by atoms with Gasteiger partial charge in [-0.2, -0.15) is 0 Å². The summed E-state index contributed by atoms with van der Waals surface area (Å²) in [5.74, 6) is -1.33. The van der Waals surface area contributed by atoms with E-state index in [9.17, 15) is 18.4 Å². The molecule has 0 radical (unpaired) electrons. The molecule has 1 aliphatic heterocycles. The second kappa shape index (κ2) is 11.3. The van der Waals surface area contributed by atoms with Crippen LogP contribution >= 0.6 is 0 Å². The minimum absolute atomic E-state index is 0.0528. The van der Waals surface area contributed by atoms with Gasteiger partial charge in [-0.3, -0.25) is 20.4 Å². The van der Waals surface area contributed by atoms with Crippen molar-refractivity contribution < 1.29 is 18.4 Å². The van der Waals surface area contributed by atoms with Crippen molar-refractivity contribution in [3.63, 3.8) is 0 Å². The maximum atomic E-state index is 13.5. The van der Waals surface area contributed by atoms with Gasteiger partial charge < -0.3 is 10.2 Å². The summed E-state index contributed by atoms with van der Waals surface area (Å²) in [5, 5.41) is 2.79. The number of hydrogen-bond donors (Lipinski definition) is 3. The van der Waals surface area contributed by atoms with E-state index in [2.05, 4.69) is 16.2 Å². The van der Waals surface area contributed by atoms with Gasteiger partial charge in [-0.15, -0.1) is 0 Å². The minimum atomic E-state index is -0.670. The predicted molar refractivity (Wildman–Crippen MR) is 123 cm³/mol.